The van der Waals surface area contributed by atoms with E-state index in [-0.39, 0.29) is 5.78 Å². The van der Waals surface area contributed by atoms with Gasteiger partial charge in [0.1, 0.15) is 6.10 Å². The summed E-state index contributed by atoms with van der Waals surface area (Å²) < 4.78 is 0. The number of aliphatic hydroxyl groups is 1. The Morgan fingerprint density at radius 2 is 1.72 bits per heavy atom. The second kappa shape index (κ2) is 5.34. The summed E-state index contributed by atoms with van der Waals surface area (Å²) >= 11 is 5.96. The summed E-state index contributed by atoms with van der Waals surface area (Å²) in [5, 5.41) is 10.5. The molecule has 0 amide bonds. The second-order valence-electron chi connectivity index (χ2n) is 4.15. The molecule has 0 aliphatic carbocycles. The molecule has 0 radical (unpaired) electrons. The van der Waals surface area contributed by atoms with Crippen molar-refractivity contribution >= 4 is 17.4 Å². The Morgan fingerprint density at radius 1 is 1.11 bits per heavy atom. The van der Waals surface area contributed by atoms with Crippen LogP contribution in [0.25, 0.3) is 0 Å². The second-order valence-corrected chi connectivity index (χ2v) is 4.56. The number of halogens is 1. The van der Waals surface area contributed by atoms with Crippen molar-refractivity contribution in [3.05, 3.63) is 70.2 Å². The number of aryl methyl sites for hydroxylation is 1. The standard InChI is InChI=1S/C15H13ClO2/c1-10-6-8-11(9-7-10)14(17)15(18)12-4-2-3-5-13(12)16/h2-9,15,18H,1H3. The van der Waals surface area contributed by atoms with Gasteiger partial charge in [-0.2, -0.15) is 0 Å². The Kier molecular flexibility index (Phi) is 3.80. The van der Waals surface area contributed by atoms with Crippen LogP contribution in [0.5, 0.6) is 0 Å². The molecule has 0 saturated carbocycles. The van der Waals surface area contributed by atoms with Crippen molar-refractivity contribution in [2.75, 3.05) is 0 Å². The summed E-state index contributed by atoms with van der Waals surface area (Å²) in [6.07, 6.45) is -1.22. The van der Waals surface area contributed by atoms with Crippen LogP contribution in [0.3, 0.4) is 0 Å². The highest BCUT2D eigenvalue weighted by atomic mass is 35.5. The van der Waals surface area contributed by atoms with Crippen molar-refractivity contribution in [1.29, 1.82) is 0 Å². The lowest BCUT2D eigenvalue weighted by molar-refractivity contribution is 0.0747. The van der Waals surface area contributed by atoms with Gasteiger partial charge in [0.25, 0.3) is 0 Å². The molecule has 0 spiro atoms. The number of carbonyl (C=O) groups excluding carboxylic acids is 1. The largest absolute Gasteiger partial charge is 0.380 e. The third-order valence-electron chi connectivity index (χ3n) is 2.78. The number of hydrogen-bond donors (Lipinski definition) is 1. The maximum atomic E-state index is 12.1. The van der Waals surface area contributed by atoms with Gasteiger partial charge in [-0.1, -0.05) is 59.6 Å². The van der Waals surface area contributed by atoms with Gasteiger partial charge in [0, 0.05) is 16.1 Å². The predicted molar refractivity (Wildman–Crippen MR) is 71.9 cm³/mol. The van der Waals surface area contributed by atoms with E-state index in [2.05, 4.69) is 0 Å². The summed E-state index contributed by atoms with van der Waals surface area (Å²) in [7, 11) is 0. The molecular formula is C15H13ClO2. The summed E-state index contributed by atoms with van der Waals surface area (Å²) in [6.45, 7) is 1.94. The Hall–Kier alpha value is -1.64. The van der Waals surface area contributed by atoms with Crippen LogP contribution in [0, 0.1) is 6.92 Å². The molecule has 2 rings (SSSR count). The van der Waals surface area contributed by atoms with Gasteiger partial charge in [0.05, 0.1) is 0 Å². The Bertz CT molecular complexity index is 561. The van der Waals surface area contributed by atoms with E-state index in [1.54, 1.807) is 36.4 Å². The highest BCUT2D eigenvalue weighted by molar-refractivity contribution is 6.31. The fraction of sp³-hybridized carbons (Fsp3) is 0.133. The van der Waals surface area contributed by atoms with Crippen molar-refractivity contribution in [3.63, 3.8) is 0 Å². The van der Waals surface area contributed by atoms with E-state index in [1.807, 2.05) is 19.1 Å². The van der Waals surface area contributed by atoms with Crippen molar-refractivity contribution in [1.82, 2.24) is 0 Å². The van der Waals surface area contributed by atoms with Gasteiger partial charge in [-0.15, -0.1) is 0 Å². The van der Waals surface area contributed by atoms with Gasteiger partial charge >= 0.3 is 0 Å². The summed E-state index contributed by atoms with van der Waals surface area (Å²) in [5.41, 5.74) is 1.98. The van der Waals surface area contributed by atoms with E-state index in [9.17, 15) is 9.90 Å². The molecule has 0 aliphatic heterocycles. The normalized spacial score (nSPS) is 12.2. The van der Waals surface area contributed by atoms with Gasteiger partial charge in [-0.3, -0.25) is 4.79 Å². The number of ketones is 1. The number of carbonyl (C=O) groups is 1. The molecule has 0 aromatic heterocycles. The Labute approximate surface area is 111 Å². The molecule has 92 valence electrons. The molecule has 18 heavy (non-hydrogen) atoms. The molecule has 2 aromatic carbocycles. The monoisotopic (exact) mass is 260 g/mol. The minimum absolute atomic E-state index is 0.344. The third kappa shape index (κ3) is 2.61. The molecule has 1 atom stereocenters. The van der Waals surface area contributed by atoms with Crippen molar-refractivity contribution in [3.8, 4) is 0 Å². The Morgan fingerprint density at radius 3 is 2.33 bits per heavy atom. The van der Waals surface area contributed by atoms with Gasteiger partial charge in [-0.05, 0) is 13.0 Å². The molecule has 3 heteroatoms. The molecule has 1 N–H and O–H groups in total. The van der Waals surface area contributed by atoms with Gasteiger partial charge in [0.2, 0.25) is 0 Å². The number of Topliss-reactive ketones (excluding diaryl/α,β-unsaturated/α-hetero) is 1. The van der Waals surface area contributed by atoms with Gasteiger partial charge < -0.3 is 5.11 Å². The minimum Gasteiger partial charge on any atom is -0.380 e. The van der Waals surface area contributed by atoms with Crippen molar-refractivity contribution < 1.29 is 9.90 Å². The molecule has 1 unspecified atom stereocenters. The molecule has 0 heterocycles. The molecule has 0 fully saturated rings. The zero-order chi connectivity index (χ0) is 13.1. The van der Waals surface area contributed by atoms with E-state index in [0.717, 1.165) is 5.56 Å². The minimum atomic E-state index is -1.22. The van der Waals surface area contributed by atoms with E-state index >= 15 is 0 Å². The zero-order valence-corrected chi connectivity index (χ0v) is 10.7. The Balaban J connectivity index is 2.29. The lowest BCUT2D eigenvalue weighted by Crippen LogP contribution is -2.12. The van der Waals surface area contributed by atoms with Crippen LogP contribution in [0.1, 0.15) is 27.6 Å². The lowest BCUT2D eigenvalue weighted by atomic mass is 9.99. The fourth-order valence-corrected chi connectivity index (χ4v) is 1.95. The smallest absolute Gasteiger partial charge is 0.195 e. The van der Waals surface area contributed by atoms with Crippen molar-refractivity contribution in [2.45, 2.75) is 13.0 Å². The SMILES string of the molecule is Cc1ccc(C(=O)C(O)c2ccccc2Cl)cc1. The number of benzene rings is 2. The third-order valence-corrected chi connectivity index (χ3v) is 3.13. The number of aliphatic hydroxyl groups excluding tert-OH is 1. The predicted octanol–water partition coefficient (Wildman–Crippen LogP) is 3.56. The topological polar surface area (TPSA) is 37.3 Å². The average molecular weight is 261 g/mol. The molecule has 2 aromatic rings. The number of hydrogen-bond acceptors (Lipinski definition) is 2. The van der Waals surface area contributed by atoms with Crippen LogP contribution < -0.4 is 0 Å². The average Bonchev–Trinajstić information content (AvgIpc) is 2.38. The van der Waals surface area contributed by atoms with E-state index < -0.39 is 6.10 Å². The maximum absolute atomic E-state index is 12.1. The quantitative estimate of drug-likeness (QED) is 0.857. The first-order valence-electron chi connectivity index (χ1n) is 5.63. The van der Waals surface area contributed by atoms with Crippen LogP contribution in [0.2, 0.25) is 5.02 Å². The van der Waals surface area contributed by atoms with Gasteiger partial charge in [-0.25, -0.2) is 0 Å². The molecule has 2 nitrogen and oxygen atoms in total. The fourth-order valence-electron chi connectivity index (χ4n) is 1.71. The van der Waals surface area contributed by atoms with E-state index in [1.165, 1.54) is 0 Å². The van der Waals surface area contributed by atoms with Crippen LogP contribution in [-0.4, -0.2) is 10.9 Å². The van der Waals surface area contributed by atoms with Crippen molar-refractivity contribution in [2.24, 2.45) is 0 Å². The van der Waals surface area contributed by atoms with Crippen LogP contribution in [-0.2, 0) is 0 Å². The molecule has 0 bridgehead atoms. The summed E-state index contributed by atoms with van der Waals surface area (Å²) in [5.74, 6) is -0.344. The van der Waals surface area contributed by atoms with E-state index in [4.69, 9.17) is 11.6 Å². The first-order chi connectivity index (χ1) is 8.59. The van der Waals surface area contributed by atoms with Crippen LogP contribution in [0.15, 0.2) is 48.5 Å². The van der Waals surface area contributed by atoms with Gasteiger partial charge in [0.15, 0.2) is 5.78 Å². The molecular weight excluding hydrogens is 248 g/mol. The summed E-state index contributed by atoms with van der Waals surface area (Å²) in [6, 6.07) is 13.9. The highest BCUT2D eigenvalue weighted by Crippen LogP contribution is 2.25. The first-order valence-corrected chi connectivity index (χ1v) is 6.01. The van der Waals surface area contributed by atoms with E-state index in [0.29, 0.717) is 16.1 Å². The summed E-state index contributed by atoms with van der Waals surface area (Å²) in [4.78, 5) is 12.1. The zero-order valence-electron chi connectivity index (χ0n) is 9.93. The molecule has 0 saturated heterocycles. The highest BCUT2D eigenvalue weighted by Gasteiger charge is 2.20. The lowest BCUT2D eigenvalue weighted by Gasteiger charge is -2.11. The first kappa shape index (κ1) is 12.8. The maximum Gasteiger partial charge on any atom is 0.195 e. The van der Waals surface area contributed by atoms with Crippen LogP contribution >= 0.6 is 11.6 Å². The van der Waals surface area contributed by atoms with Crippen LogP contribution in [0.4, 0.5) is 0 Å². The molecule has 0 aliphatic rings. The number of rotatable bonds is 3.